The van der Waals surface area contributed by atoms with E-state index < -0.39 is 0 Å². The highest BCUT2D eigenvalue weighted by atomic mass is 79.9. The highest BCUT2D eigenvalue weighted by molar-refractivity contribution is 9.10. The van der Waals surface area contributed by atoms with E-state index >= 15 is 0 Å². The number of nitriles is 1. The zero-order valence-corrected chi connectivity index (χ0v) is 20.3. The van der Waals surface area contributed by atoms with Crippen molar-refractivity contribution < 1.29 is 0 Å². The molecule has 0 fully saturated rings. The summed E-state index contributed by atoms with van der Waals surface area (Å²) in [5, 5.41) is 12.5. The molecule has 4 rings (SSSR count). The third-order valence-electron chi connectivity index (χ3n) is 4.85. The van der Waals surface area contributed by atoms with E-state index in [9.17, 15) is 5.26 Å². The van der Waals surface area contributed by atoms with Gasteiger partial charge in [-0.05, 0) is 68.0 Å². The molecule has 0 N–H and O–H groups in total. The Morgan fingerprint density at radius 2 is 1.67 bits per heavy atom. The molecule has 2 aromatic carbocycles. The summed E-state index contributed by atoms with van der Waals surface area (Å²) in [6, 6.07) is 20.7. The van der Waals surface area contributed by atoms with Crippen LogP contribution in [0.4, 0.5) is 0 Å². The summed E-state index contributed by atoms with van der Waals surface area (Å²) < 4.78 is 4.27. The Balaban J connectivity index is 1.70. The second-order valence-electron chi connectivity index (χ2n) is 6.85. The van der Waals surface area contributed by atoms with E-state index in [1.165, 1.54) is 11.3 Å². The molecule has 0 aliphatic heterocycles. The van der Waals surface area contributed by atoms with Gasteiger partial charge in [-0.3, -0.25) is 0 Å². The molecule has 30 heavy (non-hydrogen) atoms. The first-order valence-electron chi connectivity index (χ1n) is 9.25. The Morgan fingerprint density at radius 1 is 1.03 bits per heavy atom. The zero-order chi connectivity index (χ0) is 21.3. The number of aromatic nitrogens is 2. The molecule has 148 valence electrons. The van der Waals surface area contributed by atoms with Crippen LogP contribution >= 0.6 is 43.2 Å². The summed E-state index contributed by atoms with van der Waals surface area (Å²) in [6.45, 7) is 4.15. The second-order valence-corrected chi connectivity index (χ2v) is 9.54. The molecule has 0 atom stereocenters. The third kappa shape index (κ3) is 4.20. The van der Waals surface area contributed by atoms with Gasteiger partial charge in [0.1, 0.15) is 11.1 Å². The van der Waals surface area contributed by atoms with Gasteiger partial charge in [-0.2, -0.15) is 5.26 Å². The molecule has 0 saturated heterocycles. The summed E-state index contributed by atoms with van der Waals surface area (Å²) in [4.78, 5) is 4.70. The van der Waals surface area contributed by atoms with Gasteiger partial charge in [0.25, 0.3) is 0 Å². The van der Waals surface area contributed by atoms with Gasteiger partial charge in [-0.15, -0.1) is 11.3 Å². The van der Waals surface area contributed by atoms with E-state index in [0.717, 1.165) is 47.8 Å². The summed E-state index contributed by atoms with van der Waals surface area (Å²) in [5.74, 6) is 0. The molecular formula is C24H17Br2N3S. The smallest absolute Gasteiger partial charge is 0.134 e. The molecular weight excluding hydrogens is 522 g/mol. The average Bonchev–Trinajstić information content (AvgIpc) is 3.32. The van der Waals surface area contributed by atoms with Crippen LogP contribution in [0.25, 0.3) is 28.6 Å². The van der Waals surface area contributed by atoms with Crippen molar-refractivity contribution in [2.24, 2.45) is 0 Å². The molecule has 6 heteroatoms. The number of thiazole rings is 1. The summed E-state index contributed by atoms with van der Waals surface area (Å²) in [7, 11) is 0. The Labute approximate surface area is 196 Å². The molecule has 0 unspecified atom stereocenters. The number of aryl methyl sites for hydroxylation is 1. The van der Waals surface area contributed by atoms with Crippen LogP contribution in [0, 0.1) is 25.2 Å². The lowest BCUT2D eigenvalue weighted by Gasteiger charge is -2.09. The topological polar surface area (TPSA) is 41.6 Å². The molecule has 3 nitrogen and oxygen atoms in total. The highest BCUT2D eigenvalue weighted by Gasteiger charge is 2.13. The van der Waals surface area contributed by atoms with Gasteiger partial charge in [-0.1, -0.05) is 44.0 Å². The van der Waals surface area contributed by atoms with Gasteiger partial charge in [0, 0.05) is 37.0 Å². The van der Waals surface area contributed by atoms with Crippen LogP contribution < -0.4 is 0 Å². The van der Waals surface area contributed by atoms with Crippen molar-refractivity contribution in [2.45, 2.75) is 13.8 Å². The minimum absolute atomic E-state index is 0.569. The minimum Gasteiger partial charge on any atom is -0.318 e. The zero-order valence-electron chi connectivity index (χ0n) is 16.4. The van der Waals surface area contributed by atoms with Gasteiger partial charge >= 0.3 is 0 Å². The summed E-state index contributed by atoms with van der Waals surface area (Å²) in [5.41, 5.74) is 6.81. The van der Waals surface area contributed by atoms with Crippen molar-refractivity contribution >= 4 is 54.8 Å². The van der Waals surface area contributed by atoms with Crippen molar-refractivity contribution in [2.75, 3.05) is 0 Å². The Kier molecular flexibility index (Phi) is 6.05. The number of rotatable bonds is 4. The fraction of sp³-hybridized carbons (Fsp3) is 0.0833. The number of hydrogen-bond acceptors (Lipinski definition) is 3. The molecule has 2 aromatic heterocycles. The predicted octanol–water partition coefficient (Wildman–Crippen LogP) is 7.81. The lowest BCUT2D eigenvalue weighted by atomic mass is 10.1. The van der Waals surface area contributed by atoms with E-state index in [1.807, 2.05) is 47.9 Å². The van der Waals surface area contributed by atoms with Crippen molar-refractivity contribution in [3.8, 4) is 23.0 Å². The van der Waals surface area contributed by atoms with Crippen molar-refractivity contribution in [1.82, 2.24) is 9.55 Å². The predicted molar refractivity (Wildman–Crippen MR) is 132 cm³/mol. The van der Waals surface area contributed by atoms with E-state index in [2.05, 4.69) is 74.5 Å². The standard InChI is InChI=1S/C24H17Br2N3S/c1-15-11-18(16(2)29(15)22-9-7-21(26)8-10-22)12-19(13-27)24-28-23(14-30-24)17-3-5-20(25)6-4-17/h3-12,14H,1-2H3/b19-12+. The van der Waals surface area contributed by atoms with Gasteiger partial charge in [-0.25, -0.2) is 4.98 Å². The van der Waals surface area contributed by atoms with Crippen molar-refractivity contribution in [3.63, 3.8) is 0 Å². The van der Waals surface area contributed by atoms with Crippen LogP contribution in [0.5, 0.6) is 0 Å². The van der Waals surface area contributed by atoms with Crippen LogP contribution in [-0.4, -0.2) is 9.55 Å². The molecule has 0 bridgehead atoms. The maximum absolute atomic E-state index is 9.80. The average molecular weight is 539 g/mol. The Bertz CT molecular complexity index is 1270. The van der Waals surface area contributed by atoms with Crippen molar-refractivity contribution in [1.29, 1.82) is 5.26 Å². The second kappa shape index (κ2) is 8.73. The first-order valence-corrected chi connectivity index (χ1v) is 11.7. The molecule has 4 aromatic rings. The largest absolute Gasteiger partial charge is 0.318 e. The lowest BCUT2D eigenvalue weighted by Crippen LogP contribution is -1.98. The minimum atomic E-state index is 0.569. The van der Waals surface area contributed by atoms with E-state index in [4.69, 9.17) is 4.98 Å². The molecule has 0 spiro atoms. The molecule has 0 aliphatic rings. The van der Waals surface area contributed by atoms with E-state index in [1.54, 1.807) is 0 Å². The fourth-order valence-corrected chi connectivity index (χ4v) is 4.69. The molecule has 0 amide bonds. The maximum Gasteiger partial charge on any atom is 0.134 e. The molecule has 0 radical (unpaired) electrons. The van der Waals surface area contributed by atoms with E-state index in [-0.39, 0.29) is 0 Å². The molecule has 0 saturated carbocycles. The van der Waals surface area contributed by atoms with Gasteiger partial charge in [0.2, 0.25) is 0 Å². The number of allylic oxidation sites excluding steroid dienone is 1. The van der Waals surface area contributed by atoms with Gasteiger partial charge in [0.05, 0.1) is 11.3 Å². The lowest BCUT2D eigenvalue weighted by molar-refractivity contribution is 0.964. The molecule has 0 aliphatic carbocycles. The first-order chi connectivity index (χ1) is 14.5. The highest BCUT2D eigenvalue weighted by Crippen LogP contribution is 2.30. The fourth-order valence-electron chi connectivity index (χ4n) is 3.37. The molecule has 2 heterocycles. The Hall–Kier alpha value is -2.46. The third-order valence-corrected chi connectivity index (χ3v) is 6.78. The van der Waals surface area contributed by atoms with E-state index in [0.29, 0.717) is 5.57 Å². The SMILES string of the molecule is Cc1cc(/C=C(\C#N)c2nc(-c3ccc(Br)cc3)cs2)c(C)n1-c1ccc(Br)cc1. The number of benzene rings is 2. The van der Waals surface area contributed by atoms with Crippen LogP contribution in [0.15, 0.2) is 68.9 Å². The maximum atomic E-state index is 9.80. The van der Waals surface area contributed by atoms with Crippen molar-refractivity contribution in [3.05, 3.63) is 90.9 Å². The van der Waals surface area contributed by atoms with Crippen LogP contribution in [0.2, 0.25) is 0 Å². The summed E-state index contributed by atoms with van der Waals surface area (Å²) in [6.07, 6.45) is 1.93. The quantitative estimate of drug-likeness (QED) is 0.248. The number of halogens is 2. The van der Waals surface area contributed by atoms with Crippen LogP contribution in [-0.2, 0) is 0 Å². The Morgan fingerprint density at radius 3 is 2.30 bits per heavy atom. The monoisotopic (exact) mass is 537 g/mol. The van der Waals surface area contributed by atoms with Gasteiger partial charge in [0.15, 0.2) is 0 Å². The van der Waals surface area contributed by atoms with Crippen LogP contribution in [0.3, 0.4) is 0 Å². The van der Waals surface area contributed by atoms with Gasteiger partial charge < -0.3 is 4.57 Å². The first kappa shape index (κ1) is 20.8. The number of hydrogen-bond donors (Lipinski definition) is 0. The normalized spacial score (nSPS) is 11.5. The summed E-state index contributed by atoms with van der Waals surface area (Å²) >= 11 is 8.43. The van der Waals surface area contributed by atoms with Crippen LogP contribution in [0.1, 0.15) is 22.0 Å². The number of nitrogens with zero attached hydrogens (tertiary/aromatic N) is 3.